The number of fused-ring (bicyclic) bond motifs is 4. The smallest absolute Gasteiger partial charge is 0.277 e. The Morgan fingerprint density at radius 3 is 2.43 bits per heavy atom. The van der Waals surface area contributed by atoms with Gasteiger partial charge in [0.25, 0.3) is 5.56 Å². The highest BCUT2D eigenvalue weighted by atomic mass is 16.3. The van der Waals surface area contributed by atoms with E-state index >= 15 is 0 Å². The molecule has 252 valence electrons. The number of aromatic nitrogens is 4. The number of anilines is 1. The van der Waals surface area contributed by atoms with E-state index in [0.29, 0.717) is 17.4 Å². The van der Waals surface area contributed by atoms with Crippen molar-refractivity contribution in [2.75, 3.05) is 5.32 Å². The van der Waals surface area contributed by atoms with Gasteiger partial charge >= 0.3 is 0 Å². The van der Waals surface area contributed by atoms with Crippen molar-refractivity contribution in [3.8, 4) is 11.4 Å². The van der Waals surface area contributed by atoms with Crippen LogP contribution in [0.3, 0.4) is 0 Å². The second-order valence-electron chi connectivity index (χ2n) is 12.5. The lowest BCUT2D eigenvalue weighted by atomic mass is 10.0. The molecule has 3 aromatic carbocycles. The first-order chi connectivity index (χ1) is 23.7. The van der Waals surface area contributed by atoms with Gasteiger partial charge in [-0.15, -0.1) is 0 Å². The number of furan rings is 1. The normalized spacial score (nSPS) is 11.6. The highest BCUT2D eigenvalue weighted by Gasteiger charge is 2.17. The van der Waals surface area contributed by atoms with Gasteiger partial charge in [0.1, 0.15) is 28.5 Å². The maximum Gasteiger partial charge on any atom is 0.277 e. The molecule has 2 N–H and O–H groups in total. The molecule has 8 nitrogen and oxygen atoms in total. The van der Waals surface area contributed by atoms with Gasteiger partial charge in [-0.2, -0.15) is 0 Å². The Balaban J connectivity index is 0.000000260. The molecule has 7 rings (SSSR count). The van der Waals surface area contributed by atoms with Crippen molar-refractivity contribution in [2.24, 2.45) is 5.92 Å². The third-order valence-corrected chi connectivity index (χ3v) is 8.08. The molecule has 7 aromatic rings. The van der Waals surface area contributed by atoms with Crippen molar-refractivity contribution in [1.29, 1.82) is 0 Å². The minimum Gasteiger partial charge on any atom is -0.456 e. The number of hydrogen-bond acceptors (Lipinski definition) is 6. The summed E-state index contributed by atoms with van der Waals surface area (Å²) in [5, 5.41) is 6.59. The number of aromatic amines is 1. The Hall–Kier alpha value is -5.50. The van der Waals surface area contributed by atoms with Crippen LogP contribution in [-0.4, -0.2) is 25.3 Å². The van der Waals surface area contributed by atoms with Gasteiger partial charge in [0, 0.05) is 51.4 Å². The predicted octanol–water partition coefficient (Wildman–Crippen LogP) is 9.67. The molecule has 0 aliphatic rings. The van der Waals surface area contributed by atoms with Crippen LogP contribution < -0.4 is 10.9 Å². The van der Waals surface area contributed by atoms with E-state index in [9.17, 15) is 9.59 Å². The van der Waals surface area contributed by atoms with Crippen LogP contribution in [0, 0.1) is 12.8 Å². The molecule has 0 amide bonds. The van der Waals surface area contributed by atoms with Crippen LogP contribution in [0.25, 0.3) is 44.2 Å². The minimum absolute atomic E-state index is 0.0357. The van der Waals surface area contributed by atoms with E-state index in [-0.39, 0.29) is 23.9 Å². The number of para-hydroxylation sites is 1. The van der Waals surface area contributed by atoms with Gasteiger partial charge in [-0.05, 0) is 75.1 Å². The van der Waals surface area contributed by atoms with E-state index < -0.39 is 0 Å². The molecule has 0 aliphatic carbocycles. The third kappa shape index (κ3) is 8.15. The molecular weight excluding hydrogens is 610 g/mol. The fraction of sp³-hybridized carbons (Fsp3) is 0.268. The fourth-order valence-corrected chi connectivity index (χ4v) is 5.89. The van der Waals surface area contributed by atoms with Crippen LogP contribution in [-0.2, 0) is 17.8 Å². The molecule has 0 saturated heterocycles. The van der Waals surface area contributed by atoms with Crippen LogP contribution in [0.5, 0.6) is 0 Å². The average Bonchev–Trinajstić information content (AvgIpc) is 3.67. The molecule has 0 radical (unpaired) electrons. The van der Waals surface area contributed by atoms with Crippen molar-refractivity contribution in [3.63, 3.8) is 0 Å². The van der Waals surface area contributed by atoms with E-state index in [2.05, 4.69) is 46.2 Å². The monoisotopic (exact) mass is 655 g/mol. The summed E-state index contributed by atoms with van der Waals surface area (Å²) in [6.07, 6.45) is 6.38. The Kier molecular flexibility index (Phi) is 11.1. The van der Waals surface area contributed by atoms with Gasteiger partial charge in [0.05, 0.1) is 12.7 Å². The highest BCUT2D eigenvalue weighted by molar-refractivity contribution is 6.05. The zero-order valence-corrected chi connectivity index (χ0v) is 29.4. The number of aryl methyl sites for hydroxylation is 1. The summed E-state index contributed by atoms with van der Waals surface area (Å²) in [5.74, 6) is 1.06. The number of carbonyl (C=O) groups excluding carboxylic acids is 1. The number of H-pyrrole nitrogens is 1. The molecule has 1 unspecified atom stereocenters. The molecule has 0 spiro atoms. The van der Waals surface area contributed by atoms with Gasteiger partial charge < -0.3 is 14.7 Å². The number of Topliss-reactive ketones (excluding diaryl/α,β-unsaturated/α-hetero) is 1. The second-order valence-corrected chi connectivity index (χ2v) is 12.5. The Morgan fingerprint density at radius 1 is 0.918 bits per heavy atom. The Bertz CT molecular complexity index is 2230. The number of carbonyl (C=O) groups is 1. The van der Waals surface area contributed by atoms with Gasteiger partial charge in [-0.25, -0.2) is 4.98 Å². The van der Waals surface area contributed by atoms with Crippen LogP contribution >= 0.6 is 0 Å². The van der Waals surface area contributed by atoms with Crippen molar-refractivity contribution >= 4 is 44.3 Å². The topological polar surface area (TPSA) is 106 Å². The first kappa shape index (κ1) is 34.8. The van der Waals surface area contributed by atoms with Gasteiger partial charge in [-0.3, -0.25) is 19.1 Å². The van der Waals surface area contributed by atoms with Crippen molar-refractivity contribution in [3.05, 3.63) is 125 Å². The highest BCUT2D eigenvalue weighted by Crippen LogP contribution is 2.31. The minimum atomic E-state index is -0.275. The molecule has 0 saturated carbocycles. The van der Waals surface area contributed by atoms with Crippen LogP contribution in [0.2, 0.25) is 0 Å². The maximum absolute atomic E-state index is 13.4. The number of ketones is 1. The lowest BCUT2D eigenvalue weighted by Gasteiger charge is -2.18. The first-order valence-electron chi connectivity index (χ1n) is 16.9. The molecule has 0 aliphatic heterocycles. The SMILES string of the molecule is CC.CC(=O)Cn1c(-c2cccc(C)c2)ncc(NC(C)c2ccc3oc4ccccc4c3c2)c1=O.CC(C)Cc1cc2cnccc2[nH]1. The predicted molar refractivity (Wildman–Crippen MR) is 201 cm³/mol. The lowest BCUT2D eigenvalue weighted by Crippen LogP contribution is -2.29. The quantitative estimate of drug-likeness (QED) is 0.169. The summed E-state index contributed by atoms with van der Waals surface area (Å²) in [4.78, 5) is 37.4. The number of hydrogen-bond donors (Lipinski definition) is 2. The van der Waals surface area contributed by atoms with Gasteiger partial charge in [-0.1, -0.05) is 75.7 Å². The van der Waals surface area contributed by atoms with E-state index in [1.54, 1.807) is 6.20 Å². The molecule has 1 atom stereocenters. The molecule has 0 bridgehead atoms. The summed E-state index contributed by atoms with van der Waals surface area (Å²) < 4.78 is 7.37. The Morgan fingerprint density at radius 2 is 1.69 bits per heavy atom. The largest absolute Gasteiger partial charge is 0.456 e. The van der Waals surface area contributed by atoms with Crippen LogP contribution in [0.15, 0.2) is 107 Å². The second kappa shape index (κ2) is 15.6. The van der Waals surface area contributed by atoms with E-state index in [1.807, 2.05) is 107 Å². The molecule has 49 heavy (non-hydrogen) atoms. The molecule has 8 heteroatoms. The molecule has 0 fully saturated rings. The van der Waals surface area contributed by atoms with Crippen LogP contribution in [0.4, 0.5) is 5.69 Å². The van der Waals surface area contributed by atoms with E-state index in [1.165, 1.54) is 28.1 Å². The summed E-state index contributed by atoms with van der Waals surface area (Å²) in [6.45, 7) is 13.9. The summed E-state index contributed by atoms with van der Waals surface area (Å²) >= 11 is 0. The zero-order valence-electron chi connectivity index (χ0n) is 29.4. The zero-order chi connectivity index (χ0) is 35.1. The molecular formula is C41H45N5O3. The standard InChI is InChI=1S/C28H25N3O3.C11H14N2.C2H6/c1-17-7-6-8-21(13-17)27-29-15-24(28(33)31(27)16-18(2)32)30-19(3)20-11-12-26-23(14-20)22-9-4-5-10-25(22)34-26;1-8(2)5-10-6-9-7-12-4-3-11(9)13-10;1-2/h4-15,19,30H,16H2,1-3H3;3-4,6-8,13H,5H2,1-2H3;1-2H3. The molecule has 4 aromatic heterocycles. The van der Waals surface area contributed by atoms with E-state index in [4.69, 9.17) is 4.42 Å². The number of nitrogens with zero attached hydrogens (tertiary/aromatic N) is 3. The Labute approximate surface area is 287 Å². The number of rotatable bonds is 8. The molecule has 4 heterocycles. The summed E-state index contributed by atoms with van der Waals surface area (Å²) in [6, 6.07) is 25.7. The third-order valence-electron chi connectivity index (χ3n) is 8.08. The maximum atomic E-state index is 13.4. The lowest BCUT2D eigenvalue weighted by molar-refractivity contribution is -0.117. The van der Waals surface area contributed by atoms with Crippen LogP contribution in [0.1, 0.15) is 64.4 Å². The number of pyridine rings is 1. The fourth-order valence-electron chi connectivity index (χ4n) is 5.89. The average molecular weight is 656 g/mol. The van der Waals surface area contributed by atoms with Gasteiger partial charge in [0.2, 0.25) is 0 Å². The van der Waals surface area contributed by atoms with E-state index in [0.717, 1.165) is 45.0 Å². The summed E-state index contributed by atoms with van der Waals surface area (Å²) in [5.41, 5.74) is 7.10. The number of benzene rings is 3. The van der Waals surface area contributed by atoms with Crippen molar-refractivity contribution in [1.82, 2.24) is 19.5 Å². The number of nitrogens with one attached hydrogen (secondary N) is 2. The van der Waals surface area contributed by atoms with Gasteiger partial charge in [0.15, 0.2) is 0 Å². The first-order valence-corrected chi connectivity index (χ1v) is 16.9. The van der Waals surface area contributed by atoms with Crippen molar-refractivity contribution in [2.45, 2.75) is 67.5 Å². The summed E-state index contributed by atoms with van der Waals surface area (Å²) in [7, 11) is 0. The van der Waals surface area contributed by atoms with Crippen molar-refractivity contribution < 1.29 is 9.21 Å².